The first-order valence-electron chi connectivity index (χ1n) is 11.3. The minimum Gasteiger partial charge on any atom is -0.465 e. The number of hydrogen-bond acceptors (Lipinski definition) is 7. The molecule has 0 fully saturated rings. The molecule has 0 heterocycles. The smallest absolute Gasteiger partial charge is 0.308 e. The zero-order valence-corrected chi connectivity index (χ0v) is 19.6. The summed E-state index contributed by atoms with van der Waals surface area (Å²) in [6.45, 7) is 7.22. The number of esters is 3. The minimum absolute atomic E-state index is 0.119. The van der Waals surface area contributed by atoms with Crippen LogP contribution in [0.4, 0.5) is 0 Å². The summed E-state index contributed by atoms with van der Waals surface area (Å²) in [5.74, 6) is -0.580. The number of hydrogen-bond donors (Lipinski definition) is 0. The van der Waals surface area contributed by atoms with Gasteiger partial charge in [-0.3, -0.25) is 19.3 Å². The second-order valence-electron chi connectivity index (χ2n) is 7.64. The Morgan fingerprint density at radius 2 is 1.42 bits per heavy atom. The first-order valence-corrected chi connectivity index (χ1v) is 11.3. The molecule has 7 heteroatoms. The van der Waals surface area contributed by atoms with E-state index < -0.39 is 0 Å². The van der Waals surface area contributed by atoms with Crippen LogP contribution in [0, 0.1) is 0 Å². The summed E-state index contributed by atoms with van der Waals surface area (Å²) in [7, 11) is 0. The van der Waals surface area contributed by atoms with E-state index in [1.807, 2.05) is 56.3 Å². The van der Waals surface area contributed by atoms with Crippen LogP contribution >= 0.6 is 0 Å². The third kappa shape index (κ3) is 9.87. The second kappa shape index (κ2) is 14.1. The number of carbonyl (C=O) groups is 3. The minimum atomic E-state index is -0.372. The quantitative estimate of drug-likeness (QED) is 0.334. The number of nitrogens with zero attached hydrogens (tertiary/aromatic N) is 1. The van der Waals surface area contributed by atoms with Crippen molar-refractivity contribution in [2.75, 3.05) is 19.7 Å². The van der Waals surface area contributed by atoms with E-state index in [0.29, 0.717) is 12.2 Å². The Morgan fingerprint density at radius 3 is 2.00 bits per heavy atom. The molecule has 0 aromatic heterocycles. The molecule has 0 saturated carbocycles. The van der Waals surface area contributed by atoms with Crippen LogP contribution in [0.1, 0.15) is 44.7 Å². The molecule has 2 aromatic rings. The monoisotopic (exact) mass is 455 g/mol. The van der Waals surface area contributed by atoms with Gasteiger partial charge in [0.25, 0.3) is 0 Å². The van der Waals surface area contributed by atoms with E-state index in [1.54, 1.807) is 12.1 Å². The van der Waals surface area contributed by atoms with Crippen molar-refractivity contribution in [3.05, 3.63) is 65.7 Å². The Balaban J connectivity index is 1.82. The van der Waals surface area contributed by atoms with E-state index in [1.165, 1.54) is 6.92 Å². The van der Waals surface area contributed by atoms with Crippen LogP contribution in [0.2, 0.25) is 0 Å². The predicted molar refractivity (Wildman–Crippen MR) is 125 cm³/mol. The van der Waals surface area contributed by atoms with Gasteiger partial charge in [-0.2, -0.15) is 0 Å². The van der Waals surface area contributed by atoms with Gasteiger partial charge in [0, 0.05) is 19.4 Å². The van der Waals surface area contributed by atoms with E-state index >= 15 is 0 Å². The fraction of sp³-hybridized carbons (Fsp3) is 0.423. The Morgan fingerprint density at radius 1 is 0.818 bits per heavy atom. The van der Waals surface area contributed by atoms with E-state index in [-0.39, 0.29) is 50.0 Å². The van der Waals surface area contributed by atoms with Crippen molar-refractivity contribution < 1.29 is 28.6 Å². The highest BCUT2D eigenvalue weighted by atomic mass is 16.5. The summed E-state index contributed by atoms with van der Waals surface area (Å²) < 4.78 is 15.8. The van der Waals surface area contributed by atoms with Crippen LogP contribution in [0.15, 0.2) is 54.6 Å². The van der Waals surface area contributed by atoms with E-state index in [9.17, 15) is 14.4 Å². The van der Waals surface area contributed by atoms with E-state index in [2.05, 4.69) is 4.90 Å². The summed E-state index contributed by atoms with van der Waals surface area (Å²) in [5, 5.41) is 0. The normalized spacial score (nSPS) is 11.6. The van der Waals surface area contributed by atoms with Gasteiger partial charge in [0.15, 0.2) is 0 Å². The number of rotatable bonds is 13. The van der Waals surface area contributed by atoms with Crippen LogP contribution in [0.5, 0.6) is 5.75 Å². The molecule has 0 bridgehead atoms. The van der Waals surface area contributed by atoms with Gasteiger partial charge in [-0.05, 0) is 36.3 Å². The highest BCUT2D eigenvalue weighted by molar-refractivity contribution is 5.74. The molecule has 2 rings (SSSR count). The number of benzene rings is 2. The first-order chi connectivity index (χ1) is 15.9. The summed E-state index contributed by atoms with van der Waals surface area (Å²) in [5.41, 5.74) is 1.88. The molecule has 178 valence electrons. The molecule has 0 aliphatic rings. The van der Waals surface area contributed by atoms with Crippen molar-refractivity contribution in [1.82, 2.24) is 4.90 Å². The lowest BCUT2D eigenvalue weighted by molar-refractivity contribution is -0.148. The standard InChI is InChI=1S/C26H33NO6/c1-4-27(5-2)23(18-26(30)32-19-22-9-7-6-8-10-22)17-25(29)31-16-15-21-11-13-24(14-12-21)33-20(3)28/h6-14,23H,4-5,15-19H2,1-3H3. The molecule has 7 nitrogen and oxygen atoms in total. The Hall–Kier alpha value is -3.19. The summed E-state index contributed by atoms with van der Waals surface area (Å²) in [6.07, 6.45) is 0.788. The molecule has 33 heavy (non-hydrogen) atoms. The maximum atomic E-state index is 12.5. The largest absolute Gasteiger partial charge is 0.465 e. The second-order valence-corrected chi connectivity index (χ2v) is 7.64. The van der Waals surface area contributed by atoms with Crippen molar-refractivity contribution in [3.63, 3.8) is 0 Å². The van der Waals surface area contributed by atoms with Crippen LogP contribution < -0.4 is 4.74 Å². The maximum absolute atomic E-state index is 12.5. The molecule has 0 aliphatic carbocycles. The lowest BCUT2D eigenvalue weighted by Crippen LogP contribution is -2.39. The molecule has 1 unspecified atom stereocenters. The van der Waals surface area contributed by atoms with Crippen LogP contribution in [0.25, 0.3) is 0 Å². The van der Waals surface area contributed by atoms with Gasteiger partial charge >= 0.3 is 17.9 Å². The lowest BCUT2D eigenvalue weighted by atomic mass is 10.1. The van der Waals surface area contributed by atoms with Crippen LogP contribution in [-0.2, 0) is 36.9 Å². The molecule has 1 atom stereocenters. The first kappa shape index (κ1) is 26.1. The van der Waals surface area contributed by atoms with Gasteiger partial charge in [-0.1, -0.05) is 56.3 Å². The topological polar surface area (TPSA) is 82.1 Å². The molecule has 0 aliphatic heterocycles. The maximum Gasteiger partial charge on any atom is 0.308 e. The van der Waals surface area contributed by atoms with Gasteiger partial charge in [-0.25, -0.2) is 0 Å². The highest BCUT2D eigenvalue weighted by Gasteiger charge is 2.24. The third-order valence-electron chi connectivity index (χ3n) is 5.21. The molecule has 2 aromatic carbocycles. The molecule has 0 spiro atoms. The fourth-order valence-electron chi connectivity index (χ4n) is 3.48. The molecule has 0 saturated heterocycles. The van der Waals surface area contributed by atoms with E-state index in [0.717, 1.165) is 24.2 Å². The molecular weight excluding hydrogens is 422 g/mol. The van der Waals surface area contributed by atoms with Gasteiger partial charge in [0.05, 0.1) is 19.4 Å². The zero-order valence-electron chi connectivity index (χ0n) is 19.6. The molecular formula is C26H33NO6. The molecule has 0 radical (unpaired) electrons. The van der Waals surface area contributed by atoms with Crippen molar-refractivity contribution >= 4 is 17.9 Å². The predicted octanol–water partition coefficient (Wildman–Crippen LogP) is 3.93. The number of carbonyl (C=O) groups excluding carboxylic acids is 3. The summed E-state index contributed by atoms with van der Waals surface area (Å²) >= 11 is 0. The van der Waals surface area contributed by atoms with Gasteiger partial charge in [-0.15, -0.1) is 0 Å². The van der Waals surface area contributed by atoms with Gasteiger partial charge in [0.1, 0.15) is 12.4 Å². The van der Waals surface area contributed by atoms with Gasteiger partial charge in [0.2, 0.25) is 0 Å². The lowest BCUT2D eigenvalue weighted by Gasteiger charge is -2.28. The van der Waals surface area contributed by atoms with Crippen molar-refractivity contribution in [1.29, 1.82) is 0 Å². The summed E-state index contributed by atoms with van der Waals surface area (Å²) in [6, 6.07) is 16.3. The van der Waals surface area contributed by atoms with Crippen molar-refractivity contribution in [3.8, 4) is 5.75 Å². The van der Waals surface area contributed by atoms with Crippen LogP contribution in [-0.4, -0.2) is 48.5 Å². The molecule has 0 amide bonds. The van der Waals surface area contributed by atoms with Crippen molar-refractivity contribution in [2.24, 2.45) is 0 Å². The summed E-state index contributed by atoms with van der Waals surface area (Å²) in [4.78, 5) is 37.9. The average Bonchev–Trinajstić information content (AvgIpc) is 2.80. The van der Waals surface area contributed by atoms with Crippen LogP contribution in [0.3, 0.4) is 0 Å². The highest BCUT2D eigenvalue weighted by Crippen LogP contribution is 2.14. The number of ether oxygens (including phenoxy) is 3. The Bertz CT molecular complexity index is 877. The van der Waals surface area contributed by atoms with Gasteiger partial charge < -0.3 is 14.2 Å². The zero-order chi connectivity index (χ0) is 24.1. The van der Waals surface area contributed by atoms with Crippen molar-refractivity contribution in [2.45, 2.75) is 52.7 Å². The average molecular weight is 456 g/mol. The Labute approximate surface area is 195 Å². The van der Waals surface area contributed by atoms with E-state index in [4.69, 9.17) is 14.2 Å². The Kier molecular flexibility index (Phi) is 11.1. The SMILES string of the molecule is CCN(CC)C(CC(=O)OCCc1ccc(OC(C)=O)cc1)CC(=O)OCc1ccccc1. The fourth-order valence-corrected chi connectivity index (χ4v) is 3.48. The third-order valence-corrected chi connectivity index (χ3v) is 5.21. The molecule has 0 N–H and O–H groups in total.